The van der Waals surface area contributed by atoms with Gasteiger partial charge >= 0.3 is 5.97 Å². The number of carboxylic acid groups (broad SMARTS) is 1. The summed E-state index contributed by atoms with van der Waals surface area (Å²) in [6, 6.07) is 0. The molecule has 1 aromatic rings. The molecule has 0 amide bonds. The van der Waals surface area contributed by atoms with Crippen LogP contribution in [0, 0.1) is 11.3 Å². The van der Waals surface area contributed by atoms with Crippen molar-refractivity contribution in [3.05, 3.63) is 18.0 Å². The molecule has 0 bridgehead atoms. The standard InChI is InChI=1S/C12H18N2O2/c1-9(2)7-14-8-10(6-13-14)5-12(3-4-12)11(15)16/h6,8-9H,3-5,7H2,1-2H3,(H,15,16). The van der Waals surface area contributed by atoms with E-state index in [1.165, 1.54) is 0 Å². The molecule has 0 aromatic carbocycles. The highest BCUT2D eigenvalue weighted by molar-refractivity contribution is 5.78. The summed E-state index contributed by atoms with van der Waals surface area (Å²) in [5.41, 5.74) is 0.562. The van der Waals surface area contributed by atoms with Crippen molar-refractivity contribution >= 4 is 5.97 Å². The fourth-order valence-corrected chi connectivity index (χ4v) is 1.98. The summed E-state index contributed by atoms with van der Waals surface area (Å²) in [6.07, 6.45) is 6.00. The Bertz CT molecular complexity index is 391. The van der Waals surface area contributed by atoms with Crippen LogP contribution in [0.2, 0.25) is 0 Å². The molecule has 16 heavy (non-hydrogen) atoms. The van der Waals surface area contributed by atoms with Gasteiger partial charge < -0.3 is 5.11 Å². The maximum absolute atomic E-state index is 11.0. The number of rotatable bonds is 5. The normalized spacial score (nSPS) is 17.7. The number of carboxylic acids is 1. The first-order chi connectivity index (χ1) is 7.52. The van der Waals surface area contributed by atoms with Gasteiger partial charge in [-0.3, -0.25) is 9.48 Å². The Morgan fingerprint density at radius 2 is 2.31 bits per heavy atom. The smallest absolute Gasteiger partial charge is 0.309 e. The van der Waals surface area contributed by atoms with Crippen LogP contribution in [0.4, 0.5) is 0 Å². The van der Waals surface area contributed by atoms with Crippen molar-refractivity contribution in [1.29, 1.82) is 0 Å². The molecule has 4 nitrogen and oxygen atoms in total. The van der Waals surface area contributed by atoms with Crippen LogP contribution < -0.4 is 0 Å². The van der Waals surface area contributed by atoms with Gasteiger partial charge in [-0.1, -0.05) is 13.8 Å². The van der Waals surface area contributed by atoms with Crippen molar-refractivity contribution in [3.8, 4) is 0 Å². The molecule has 0 saturated heterocycles. The molecule has 1 aliphatic carbocycles. The maximum Gasteiger partial charge on any atom is 0.309 e. The van der Waals surface area contributed by atoms with E-state index in [-0.39, 0.29) is 0 Å². The summed E-state index contributed by atoms with van der Waals surface area (Å²) < 4.78 is 1.90. The predicted octanol–water partition coefficient (Wildman–Crippen LogP) is 1.95. The summed E-state index contributed by atoms with van der Waals surface area (Å²) in [5.74, 6) is -0.105. The summed E-state index contributed by atoms with van der Waals surface area (Å²) in [5, 5.41) is 13.3. The first-order valence-electron chi connectivity index (χ1n) is 5.76. The molecule has 1 fully saturated rings. The zero-order valence-corrected chi connectivity index (χ0v) is 9.81. The van der Waals surface area contributed by atoms with E-state index in [1.807, 2.05) is 10.9 Å². The zero-order chi connectivity index (χ0) is 11.8. The molecule has 0 spiro atoms. The number of nitrogens with zero attached hydrogens (tertiary/aromatic N) is 2. The Labute approximate surface area is 95.3 Å². The van der Waals surface area contributed by atoms with Crippen molar-refractivity contribution < 1.29 is 9.90 Å². The monoisotopic (exact) mass is 222 g/mol. The average molecular weight is 222 g/mol. The fraction of sp³-hybridized carbons (Fsp3) is 0.667. The second-order valence-corrected chi connectivity index (χ2v) is 5.23. The second-order valence-electron chi connectivity index (χ2n) is 5.23. The highest BCUT2D eigenvalue weighted by Crippen LogP contribution is 2.48. The second kappa shape index (κ2) is 3.92. The van der Waals surface area contributed by atoms with Crippen molar-refractivity contribution in [2.45, 2.75) is 39.7 Å². The van der Waals surface area contributed by atoms with Gasteiger partial charge in [0.15, 0.2) is 0 Å². The SMILES string of the molecule is CC(C)Cn1cc(CC2(C(=O)O)CC2)cn1. The number of hydrogen-bond acceptors (Lipinski definition) is 2. The van der Waals surface area contributed by atoms with Crippen molar-refractivity contribution in [2.75, 3.05) is 0 Å². The van der Waals surface area contributed by atoms with Crippen molar-refractivity contribution in [3.63, 3.8) is 0 Å². The zero-order valence-electron chi connectivity index (χ0n) is 9.81. The van der Waals surface area contributed by atoms with Crippen molar-refractivity contribution in [2.24, 2.45) is 11.3 Å². The van der Waals surface area contributed by atoms with Crippen LogP contribution >= 0.6 is 0 Å². The Hall–Kier alpha value is -1.32. The van der Waals surface area contributed by atoms with Crippen LogP contribution in [-0.2, 0) is 17.8 Å². The quantitative estimate of drug-likeness (QED) is 0.828. The fourth-order valence-electron chi connectivity index (χ4n) is 1.98. The Morgan fingerprint density at radius 1 is 1.62 bits per heavy atom. The molecule has 4 heteroatoms. The minimum atomic E-state index is -0.663. The van der Waals surface area contributed by atoms with E-state index in [2.05, 4.69) is 18.9 Å². The summed E-state index contributed by atoms with van der Waals surface area (Å²) in [6.45, 7) is 5.17. The minimum Gasteiger partial charge on any atom is -0.481 e. The molecule has 0 radical (unpaired) electrons. The minimum absolute atomic E-state index is 0.480. The van der Waals surface area contributed by atoms with Gasteiger partial charge in [0, 0.05) is 12.7 Å². The van der Waals surface area contributed by atoms with E-state index < -0.39 is 11.4 Å². The van der Waals surface area contributed by atoms with Gasteiger partial charge in [0.05, 0.1) is 11.6 Å². The van der Waals surface area contributed by atoms with E-state index in [9.17, 15) is 4.79 Å². The van der Waals surface area contributed by atoms with E-state index in [0.29, 0.717) is 12.3 Å². The molecular weight excluding hydrogens is 204 g/mol. The van der Waals surface area contributed by atoms with E-state index in [4.69, 9.17) is 5.11 Å². The lowest BCUT2D eigenvalue weighted by Gasteiger charge is -2.07. The highest BCUT2D eigenvalue weighted by atomic mass is 16.4. The van der Waals surface area contributed by atoms with Crippen LogP contribution in [0.15, 0.2) is 12.4 Å². The number of hydrogen-bond donors (Lipinski definition) is 1. The molecule has 1 saturated carbocycles. The molecule has 1 N–H and O–H groups in total. The number of aromatic nitrogens is 2. The largest absolute Gasteiger partial charge is 0.481 e. The van der Waals surface area contributed by atoms with Gasteiger partial charge in [0.2, 0.25) is 0 Å². The first kappa shape index (κ1) is 11.2. The molecule has 1 heterocycles. The molecule has 88 valence electrons. The van der Waals surface area contributed by atoms with Crippen LogP contribution in [0.5, 0.6) is 0 Å². The van der Waals surface area contributed by atoms with Gasteiger partial charge in [0.1, 0.15) is 0 Å². The van der Waals surface area contributed by atoms with E-state index >= 15 is 0 Å². The maximum atomic E-state index is 11.0. The predicted molar refractivity (Wildman–Crippen MR) is 60.1 cm³/mol. The summed E-state index contributed by atoms with van der Waals surface area (Å²) >= 11 is 0. The third-order valence-electron chi connectivity index (χ3n) is 3.09. The Kier molecular flexibility index (Phi) is 2.74. The molecule has 0 aliphatic heterocycles. The lowest BCUT2D eigenvalue weighted by atomic mass is 9.99. The van der Waals surface area contributed by atoms with Gasteiger partial charge in [0.25, 0.3) is 0 Å². The van der Waals surface area contributed by atoms with Crippen LogP contribution in [0.25, 0.3) is 0 Å². The molecule has 1 aromatic heterocycles. The number of aliphatic carboxylic acids is 1. The number of carbonyl (C=O) groups is 1. The van der Waals surface area contributed by atoms with Gasteiger partial charge in [-0.15, -0.1) is 0 Å². The summed E-state index contributed by atoms with van der Waals surface area (Å²) in [4.78, 5) is 11.0. The molecule has 0 unspecified atom stereocenters. The van der Waals surface area contributed by atoms with Crippen molar-refractivity contribution in [1.82, 2.24) is 9.78 Å². The third-order valence-corrected chi connectivity index (χ3v) is 3.09. The van der Waals surface area contributed by atoms with Crippen LogP contribution in [0.3, 0.4) is 0 Å². The average Bonchev–Trinajstić information content (AvgIpc) is 2.83. The first-order valence-corrected chi connectivity index (χ1v) is 5.76. The van der Waals surface area contributed by atoms with Gasteiger partial charge in [-0.25, -0.2) is 0 Å². The topological polar surface area (TPSA) is 55.1 Å². The molecular formula is C12H18N2O2. The van der Waals surface area contributed by atoms with Gasteiger partial charge in [-0.05, 0) is 30.7 Å². The molecule has 1 aliphatic rings. The Morgan fingerprint density at radius 3 is 2.81 bits per heavy atom. The molecule has 0 atom stereocenters. The lowest BCUT2D eigenvalue weighted by Crippen LogP contribution is -2.17. The third kappa shape index (κ3) is 2.26. The van der Waals surface area contributed by atoms with E-state index in [0.717, 1.165) is 24.9 Å². The van der Waals surface area contributed by atoms with Gasteiger partial charge in [-0.2, -0.15) is 5.10 Å². The van der Waals surface area contributed by atoms with E-state index in [1.54, 1.807) is 6.20 Å². The van der Waals surface area contributed by atoms with Crippen LogP contribution in [-0.4, -0.2) is 20.9 Å². The molecule has 2 rings (SSSR count). The summed E-state index contributed by atoms with van der Waals surface area (Å²) in [7, 11) is 0. The van der Waals surface area contributed by atoms with Crippen LogP contribution in [0.1, 0.15) is 32.3 Å². The highest BCUT2D eigenvalue weighted by Gasteiger charge is 2.50. The lowest BCUT2D eigenvalue weighted by molar-refractivity contribution is -0.143. The Balaban J connectivity index is 2.00.